The van der Waals surface area contributed by atoms with Crippen molar-refractivity contribution in [2.45, 2.75) is 70.6 Å². The molecule has 0 heteroatoms. The van der Waals surface area contributed by atoms with Crippen molar-refractivity contribution in [3.05, 3.63) is 95.1 Å². The Morgan fingerprint density at radius 1 is 0.576 bits per heavy atom. The van der Waals surface area contributed by atoms with E-state index >= 15 is 0 Å². The summed E-state index contributed by atoms with van der Waals surface area (Å²) in [6.45, 7) is 8.67. The molecule has 0 heterocycles. The number of benzene rings is 2. The van der Waals surface area contributed by atoms with Gasteiger partial charge in [-0.3, -0.25) is 0 Å². The number of allylic oxidation sites excluding steroid dienone is 2. The van der Waals surface area contributed by atoms with Crippen molar-refractivity contribution < 1.29 is 0 Å². The van der Waals surface area contributed by atoms with Gasteiger partial charge in [0, 0.05) is 0 Å². The summed E-state index contributed by atoms with van der Waals surface area (Å²) in [6, 6.07) is 18.7. The summed E-state index contributed by atoms with van der Waals surface area (Å²) in [4.78, 5) is 0. The van der Waals surface area contributed by atoms with Crippen LogP contribution >= 0.6 is 0 Å². The van der Waals surface area contributed by atoms with Crippen LogP contribution in [0.3, 0.4) is 0 Å². The zero-order chi connectivity index (χ0) is 22.4. The van der Waals surface area contributed by atoms with Gasteiger partial charge < -0.3 is 0 Å². The molecule has 0 bridgehead atoms. The standard InChI is InChI=1S/C33H40/c1-22-12-28-8-10-30(32(28)14-22)20-26-17-25(16-24-6-4-3-5-7-24)18-27(19-26)21-31-11-9-29-13-23(2)15-33(29)31/h3-7,17-19,28-33H,1-2,8-16,20-21H2/t28?,29?,30?,31?,32-,33-/m0/s1. The van der Waals surface area contributed by atoms with Gasteiger partial charge in [0.25, 0.3) is 0 Å². The molecule has 4 unspecified atom stereocenters. The molecule has 4 aliphatic rings. The van der Waals surface area contributed by atoms with E-state index in [0.29, 0.717) is 0 Å². The lowest BCUT2D eigenvalue weighted by atomic mass is 9.83. The molecule has 0 N–H and O–H groups in total. The molecule has 0 amide bonds. The van der Waals surface area contributed by atoms with E-state index < -0.39 is 0 Å². The van der Waals surface area contributed by atoms with Gasteiger partial charge in [-0.1, -0.05) is 72.8 Å². The topological polar surface area (TPSA) is 0 Å². The summed E-state index contributed by atoms with van der Waals surface area (Å²) in [5.74, 6) is 5.39. The van der Waals surface area contributed by atoms with E-state index in [2.05, 4.69) is 61.7 Å². The number of hydrogen-bond donors (Lipinski definition) is 0. The minimum Gasteiger partial charge on any atom is -0.0998 e. The fraction of sp³-hybridized carbons (Fsp3) is 0.515. The highest BCUT2D eigenvalue weighted by molar-refractivity contribution is 5.35. The molecular formula is C33H40. The average molecular weight is 437 g/mol. The van der Waals surface area contributed by atoms with Crippen LogP contribution in [0.4, 0.5) is 0 Å². The summed E-state index contributed by atoms with van der Waals surface area (Å²) in [6.07, 6.45) is 14.5. The Bertz CT molecular complexity index is 967. The maximum Gasteiger partial charge on any atom is -0.00256 e. The Morgan fingerprint density at radius 3 is 1.64 bits per heavy atom. The first kappa shape index (κ1) is 21.5. The predicted octanol–water partition coefficient (Wildman–Crippen LogP) is 8.35. The number of rotatable bonds is 6. The monoisotopic (exact) mass is 436 g/mol. The van der Waals surface area contributed by atoms with Gasteiger partial charge in [0.05, 0.1) is 0 Å². The third-order valence-electron chi connectivity index (χ3n) is 9.75. The third-order valence-corrected chi connectivity index (χ3v) is 9.75. The molecule has 0 aliphatic heterocycles. The minimum absolute atomic E-state index is 0.864. The second-order valence-corrected chi connectivity index (χ2v) is 12.1. The molecule has 0 nitrogen and oxygen atoms in total. The van der Waals surface area contributed by atoms with Gasteiger partial charge in [-0.15, -0.1) is 0 Å². The van der Waals surface area contributed by atoms with Crippen LogP contribution in [0.2, 0.25) is 0 Å². The van der Waals surface area contributed by atoms with Crippen LogP contribution in [0.15, 0.2) is 72.8 Å². The van der Waals surface area contributed by atoms with Gasteiger partial charge in [0.1, 0.15) is 0 Å². The zero-order valence-electron chi connectivity index (χ0n) is 20.3. The van der Waals surface area contributed by atoms with E-state index in [1.807, 2.05) is 0 Å². The van der Waals surface area contributed by atoms with Crippen molar-refractivity contribution in [3.8, 4) is 0 Å². The highest BCUT2D eigenvalue weighted by Gasteiger charge is 2.41. The Kier molecular flexibility index (Phi) is 5.81. The second-order valence-electron chi connectivity index (χ2n) is 12.1. The van der Waals surface area contributed by atoms with Crippen molar-refractivity contribution >= 4 is 0 Å². The van der Waals surface area contributed by atoms with Gasteiger partial charge >= 0.3 is 0 Å². The van der Waals surface area contributed by atoms with Crippen LogP contribution in [0, 0.1) is 35.5 Å². The van der Waals surface area contributed by atoms with Crippen LogP contribution in [-0.2, 0) is 19.3 Å². The molecular weight excluding hydrogens is 396 g/mol. The SMILES string of the molecule is C=C1CC2CCC(Cc3cc(Cc4ccccc4)cc(CC4CCC5CC(=C)C[C@@H]54)c3)[C@H]2C1. The number of hydrogen-bond acceptors (Lipinski definition) is 0. The zero-order valence-corrected chi connectivity index (χ0v) is 20.3. The van der Waals surface area contributed by atoms with E-state index in [1.165, 1.54) is 86.5 Å². The Morgan fingerprint density at radius 2 is 1.09 bits per heavy atom. The summed E-state index contributed by atoms with van der Waals surface area (Å²) in [5.41, 5.74) is 9.19. The average Bonchev–Trinajstić information content (AvgIpc) is 3.53. The van der Waals surface area contributed by atoms with Gasteiger partial charge in [-0.05, 0) is 128 Å². The quantitative estimate of drug-likeness (QED) is 0.399. The molecule has 6 rings (SSSR count). The first-order valence-corrected chi connectivity index (χ1v) is 13.6. The van der Waals surface area contributed by atoms with Crippen molar-refractivity contribution in [3.63, 3.8) is 0 Å². The first-order valence-electron chi connectivity index (χ1n) is 13.6. The molecule has 33 heavy (non-hydrogen) atoms. The van der Waals surface area contributed by atoms with E-state index in [9.17, 15) is 0 Å². The van der Waals surface area contributed by atoms with Crippen LogP contribution in [0.5, 0.6) is 0 Å². The van der Waals surface area contributed by atoms with E-state index in [0.717, 1.165) is 41.9 Å². The normalized spacial score (nSPS) is 33.0. The fourth-order valence-electron chi connectivity index (χ4n) is 8.35. The molecule has 172 valence electrons. The lowest BCUT2D eigenvalue weighted by Crippen LogP contribution is -2.14. The summed E-state index contributed by atoms with van der Waals surface area (Å²) in [5, 5.41) is 0. The van der Waals surface area contributed by atoms with Crippen molar-refractivity contribution in [1.82, 2.24) is 0 Å². The highest BCUT2D eigenvalue weighted by atomic mass is 14.5. The van der Waals surface area contributed by atoms with Gasteiger partial charge in [-0.2, -0.15) is 0 Å². The minimum atomic E-state index is 0.864. The lowest BCUT2D eigenvalue weighted by molar-refractivity contribution is 0.350. The van der Waals surface area contributed by atoms with E-state index in [1.54, 1.807) is 11.1 Å². The fourth-order valence-corrected chi connectivity index (χ4v) is 8.35. The van der Waals surface area contributed by atoms with Crippen LogP contribution in [0.1, 0.15) is 73.6 Å². The lowest BCUT2D eigenvalue weighted by Gasteiger charge is -2.22. The summed E-state index contributed by atoms with van der Waals surface area (Å²) in [7, 11) is 0. The molecule has 2 aromatic carbocycles. The van der Waals surface area contributed by atoms with Crippen LogP contribution in [-0.4, -0.2) is 0 Å². The molecule has 6 atom stereocenters. The maximum absolute atomic E-state index is 4.34. The van der Waals surface area contributed by atoms with E-state index in [-0.39, 0.29) is 0 Å². The molecule has 4 fully saturated rings. The largest absolute Gasteiger partial charge is 0.0998 e. The molecule has 0 saturated heterocycles. The Balaban J connectivity index is 1.24. The predicted molar refractivity (Wildman–Crippen MR) is 139 cm³/mol. The van der Waals surface area contributed by atoms with Crippen molar-refractivity contribution in [2.75, 3.05) is 0 Å². The molecule has 4 aliphatic carbocycles. The maximum atomic E-state index is 4.34. The first-order chi connectivity index (χ1) is 16.1. The van der Waals surface area contributed by atoms with Crippen molar-refractivity contribution in [1.29, 1.82) is 0 Å². The highest BCUT2D eigenvalue weighted by Crippen LogP contribution is 2.51. The van der Waals surface area contributed by atoms with Gasteiger partial charge in [-0.25, -0.2) is 0 Å². The molecule has 0 spiro atoms. The van der Waals surface area contributed by atoms with Crippen LogP contribution in [0.25, 0.3) is 0 Å². The Labute approximate surface area is 201 Å². The number of fused-ring (bicyclic) bond motifs is 2. The van der Waals surface area contributed by atoms with E-state index in [4.69, 9.17) is 0 Å². The molecule has 4 saturated carbocycles. The van der Waals surface area contributed by atoms with Gasteiger partial charge in [0.15, 0.2) is 0 Å². The van der Waals surface area contributed by atoms with Gasteiger partial charge in [0.2, 0.25) is 0 Å². The summed E-state index contributed by atoms with van der Waals surface area (Å²) < 4.78 is 0. The smallest absolute Gasteiger partial charge is 0.00256 e. The second kappa shape index (κ2) is 8.94. The molecule has 0 radical (unpaired) electrons. The van der Waals surface area contributed by atoms with Crippen LogP contribution < -0.4 is 0 Å². The van der Waals surface area contributed by atoms with Crippen molar-refractivity contribution in [2.24, 2.45) is 35.5 Å². The molecule has 0 aromatic heterocycles. The summed E-state index contributed by atoms with van der Waals surface area (Å²) >= 11 is 0. The third kappa shape index (κ3) is 4.51. The Hall–Kier alpha value is -2.08. The molecule has 2 aromatic rings.